The van der Waals surface area contributed by atoms with Crippen molar-refractivity contribution in [2.24, 2.45) is 0 Å². The monoisotopic (exact) mass is 307 g/mol. The number of rotatable bonds is 3. The van der Waals surface area contributed by atoms with E-state index in [1.807, 2.05) is 6.07 Å². The molecule has 94 valence electrons. The second-order valence-corrected chi connectivity index (χ2v) is 5.32. The highest BCUT2D eigenvalue weighted by molar-refractivity contribution is 9.10. The second-order valence-electron chi connectivity index (χ2n) is 4.41. The van der Waals surface area contributed by atoms with Crippen LogP contribution in [-0.2, 0) is 6.54 Å². The number of hydrogen-bond donors (Lipinski definition) is 1. The third-order valence-electron chi connectivity index (χ3n) is 2.91. The van der Waals surface area contributed by atoms with Gasteiger partial charge < -0.3 is 5.32 Å². The molecule has 0 unspecified atom stereocenters. The van der Waals surface area contributed by atoms with E-state index in [2.05, 4.69) is 53.3 Å². The molecule has 1 N–H and O–H groups in total. The van der Waals surface area contributed by atoms with Crippen LogP contribution in [0.1, 0.15) is 16.7 Å². The summed E-state index contributed by atoms with van der Waals surface area (Å²) in [5, 5.41) is 3.13. The quantitative estimate of drug-likeness (QED) is 0.857. The first-order valence-corrected chi connectivity index (χ1v) is 6.60. The number of nitrogens with one attached hydrogen (secondary N) is 1. The summed E-state index contributed by atoms with van der Waals surface area (Å²) in [4.78, 5) is 0. The van der Waals surface area contributed by atoms with Gasteiger partial charge in [0.15, 0.2) is 0 Å². The molecule has 0 saturated heterocycles. The van der Waals surface area contributed by atoms with E-state index >= 15 is 0 Å². The lowest BCUT2D eigenvalue weighted by atomic mass is 10.1. The van der Waals surface area contributed by atoms with Gasteiger partial charge in [-0.25, -0.2) is 4.39 Å². The fourth-order valence-corrected chi connectivity index (χ4v) is 2.15. The molecule has 0 radical (unpaired) electrons. The van der Waals surface area contributed by atoms with E-state index in [1.165, 1.54) is 22.8 Å². The number of anilines is 1. The van der Waals surface area contributed by atoms with Gasteiger partial charge in [0.2, 0.25) is 0 Å². The maximum Gasteiger partial charge on any atom is 0.147 e. The van der Waals surface area contributed by atoms with Crippen LogP contribution in [0.3, 0.4) is 0 Å². The van der Waals surface area contributed by atoms with Crippen LogP contribution >= 0.6 is 15.9 Å². The van der Waals surface area contributed by atoms with Gasteiger partial charge in [0, 0.05) is 11.0 Å². The molecule has 0 saturated carbocycles. The van der Waals surface area contributed by atoms with Gasteiger partial charge in [-0.3, -0.25) is 0 Å². The Labute approximate surface area is 115 Å². The molecule has 0 aliphatic heterocycles. The highest BCUT2D eigenvalue weighted by atomic mass is 79.9. The lowest BCUT2D eigenvalue weighted by Crippen LogP contribution is -2.03. The summed E-state index contributed by atoms with van der Waals surface area (Å²) in [5.41, 5.74) is 4.15. The first-order valence-electron chi connectivity index (χ1n) is 5.81. The van der Waals surface area contributed by atoms with Gasteiger partial charge in [-0.05, 0) is 43.2 Å². The van der Waals surface area contributed by atoms with Crippen LogP contribution in [0, 0.1) is 19.7 Å². The van der Waals surface area contributed by atoms with Gasteiger partial charge in [-0.1, -0.05) is 39.7 Å². The van der Waals surface area contributed by atoms with E-state index < -0.39 is 0 Å². The Bertz CT molecular complexity index is 566. The molecule has 0 atom stereocenters. The Hall–Kier alpha value is -1.35. The van der Waals surface area contributed by atoms with Crippen molar-refractivity contribution in [1.82, 2.24) is 0 Å². The summed E-state index contributed by atoms with van der Waals surface area (Å²) in [5.74, 6) is -0.241. The predicted molar refractivity (Wildman–Crippen MR) is 77.3 cm³/mol. The van der Waals surface area contributed by atoms with Gasteiger partial charge in [-0.2, -0.15) is 0 Å². The zero-order valence-electron chi connectivity index (χ0n) is 10.4. The van der Waals surface area contributed by atoms with Crippen LogP contribution in [0.4, 0.5) is 10.1 Å². The SMILES string of the molecule is Cc1ccc(C)c(CNc2ccc(Br)cc2F)c1. The van der Waals surface area contributed by atoms with Crippen molar-refractivity contribution in [3.63, 3.8) is 0 Å². The average Bonchev–Trinajstić information content (AvgIpc) is 2.32. The molecule has 0 heterocycles. The topological polar surface area (TPSA) is 12.0 Å². The Morgan fingerprint density at radius 3 is 2.61 bits per heavy atom. The molecular weight excluding hydrogens is 293 g/mol. The van der Waals surface area contributed by atoms with Crippen LogP contribution in [0.5, 0.6) is 0 Å². The smallest absolute Gasteiger partial charge is 0.147 e. The van der Waals surface area contributed by atoms with Gasteiger partial charge >= 0.3 is 0 Å². The van der Waals surface area contributed by atoms with Crippen LogP contribution in [0.25, 0.3) is 0 Å². The normalized spacial score (nSPS) is 10.4. The predicted octanol–water partition coefficient (Wildman–Crippen LogP) is 4.82. The largest absolute Gasteiger partial charge is 0.379 e. The standard InChI is InChI=1S/C15H15BrFN/c1-10-3-4-11(2)12(7-10)9-18-15-6-5-13(16)8-14(15)17/h3-8,18H,9H2,1-2H3. The first-order chi connectivity index (χ1) is 8.56. The summed E-state index contributed by atoms with van der Waals surface area (Å²) in [6, 6.07) is 11.3. The fourth-order valence-electron chi connectivity index (χ4n) is 1.81. The Morgan fingerprint density at radius 1 is 1.11 bits per heavy atom. The number of benzene rings is 2. The second kappa shape index (κ2) is 5.53. The lowest BCUT2D eigenvalue weighted by molar-refractivity contribution is 0.629. The van der Waals surface area contributed by atoms with Crippen molar-refractivity contribution in [2.75, 3.05) is 5.32 Å². The van der Waals surface area contributed by atoms with Gasteiger partial charge in [0.1, 0.15) is 5.82 Å². The fraction of sp³-hybridized carbons (Fsp3) is 0.200. The molecule has 0 aliphatic rings. The zero-order valence-corrected chi connectivity index (χ0v) is 12.0. The molecule has 3 heteroatoms. The van der Waals surface area contributed by atoms with Gasteiger partial charge in [0.05, 0.1) is 5.69 Å². The number of hydrogen-bond acceptors (Lipinski definition) is 1. The van der Waals surface area contributed by atoms with Crippen LogP contribution in [0.15, 0.2) is 40.9 Å². The Morgan fingerprint density at radius 2 is 1.89 bits per heavy atom. The van der Waals surface area contributed by atoms with Gasteiger partial charge in [-0.15, -0.1) is 0 Å². The van der Waals surface area contributed by atoms with Crippen LogP contribution in [-0.4, -0.2) is 0 Å². The molecule has 0 aliphatic carbocycles. The third kappa shape index (κ3) is 3.10. The van der Waals surface area contributed by atoms with Gasteiger partial charge in [0.25, 0.3) is 0 Å². The minimum atomic E-state index is -0.241. The van der Waals surface area contributed by atoms with Crippen molar-refractivity contribution in [3.05, 3.63) is 63.4 Å². The van der Waals surface area contributed by atoms with Crippen molar-refractivity contribution in [2.45, 2.75) is 20.4 Å². The molecule has 0 amide bonds. The minimum absolute atomic E-state index is 0.241. The van der Waals surface area contributed by atoms with Crippen molar-refractivity contribution >= 4 is 21.6 Å². The first kappa shape index (κ1) is 13.1. The summed E-state index contributed by atoms with van der Waals surface area (Å²) in [6.45, 7) is 4.75. The van der Waals surface area contributed by atoms with E-state index in [0.717, 1.165) is 4.47 Å². The van der Waals surface area contributed by atoms with Crippen molar-refractivity contribution < 1.29 is 4.39 Å². The molecule has 1 nitrogen and oxygen atoms in total. The van der Waals surface area contributed by atoms with E-state index in [-0.39, 0.29) is 5.82 Å². The molecule has 0 spiro atoms. The average molecular weight is 308 g/mol. The van der Waals surface area contributed by atoms with E-state index in [0.29, 0.717) is 12.2 Å². The number of halogens is 2. The molecular formula is C15H15BrFN. The molecule has 0 bridgehead atoms. The van der Waals surface area contributed by atoms with E-state index in [1.54, 1.807) is 6.07 Å². The maximum atomic E-state index is 13.6. The molecule has 18 heavy (non-hydrogen) atoms. The van der Waals surface area contributed by atoms with Crippen LogP contribution < -0.4 is 5.32 Å². The Balaban J connectivity index is 2.13. The summed E-state index contributed by atoms with van der Waals surface area (Å²) < 4.78 is 14.4. The van der Waals surface area contributed by atoms with E-state index in [9.17, 15) is 4.39 Å². The Kier molecular flexibility index (Phi) is 4.02. The van der Waals surface area contributed by atoms with Crippen molar-refractivity contribution in [3.8, 4) is 0 Å². The summed E-state index contributed by atoms with van der Waals surface area (Å²) >= 11 is 3.25. The molecule has 0 fully saturated rings. The van der Waals surface area contributed by atoms with Crippen molar-refractivity contribution in [1.29, 1.82) is 0 Å². The molecule has 2 aromatic carbocycles. The lowest BCUT2D eigenvalue weighted by Gasteiger charge is -2.11. The summed E-state index contributed by atoms with van der Waals surface area (Å²) in [6.07, 6.45) is 0. The molecule has 2 rings (SSSR count). The number of aryl methyl sites for hydroxylation is 2. The highest BCUT2D eigenvalue weighted by Crippen LogP contribution is 2.20. The molecule has 0 aromatic heterocycles. The zero-order chi connectivity index (χ0) is 13.1. The van der Waals surface area contributed by atoms with Crippen LogP contribution in [0.2, 0.25) is 0 Å². The summed E-state index contributed by atoms with van der Waals surface area (Å²) in [7, 11) is 0. The van der Waals surface area contributed by atoms with E-state index in [4.69, 9.17) is 0 Å². The third-order valence-corrected chi connectivity index (χ3v) is 3.40. The highest BCUT2D eigenvalue weighted by Gasteiger charge is 2.03. The maximum absolute atomic E-state index is 13.6. The minimum Gasteiger partial charge on any atom is -0.379 e. The molecule has 2 aromatic rings.